The van der Waals surface area contributed by atoms with Crippen LogP contribution in [0.2, 0.25) is 0 Å². The molecule has 1 atom stereocenters. The van der Waals surface area contributed by atoms with Crippen molar-refractivity contribution in [2.24, 2.45) is 0 Å². The van der Waals surface area contributed by atoms with Crippen LogP contribution >= 0.6 is 0 Å². The number of likely N-dealkylation sites (tertiary alicyclic amines) is 1. The van der Waals surface area contributed by atoms with E-state index in [1.165, 1.54) is 32.2 Å². The molecule has 1 fully saturated rings. The first-order chi connectivity index (χ1) is 10.1. The topological polar surface area (TPSA) is 41.5 Å². The highest BCUT2D eigenvalue weighted by molar-refractivity contribution is 5.36. The smallest absolute Gasteiger partial charge is 0.234 e. The van der Waals surface area contributed by atoms with Gasteiger partial charge in [-0.15, -0.1) is 0 Å². The molecule has 1 aromatic rings. The van der Waals surface area contributed by atoms with Gasteiger partial charge in [-0.05, 0) is 46.7 Å². The van der Waals surface area contributed by atoms with Gasteiger partial charge in [0.2, 0.25) is 5.88 Å². The molecule has 0 aromatic carbocycles. The third kappa shape index (κ3) is 4.84. The van der Waals surface area contributed by atoms with Gasteiger partial charge in [0.1, 0.15) is 0 Å². The summed E-state index contributed by atoms with van der Waals surface area (Å²) < 4.78 is 5.61. The van der Waals surface area contributed by atoms with Gasteiger partial charge in [-0.1, -0.05) is 6.42 Å². The second kappa shape index (κ2) is 7.59. The molecule has 1 aromatic heterocycles. The zero-order chi connectivity index (χ0) is 15.2. The number of rotatable bonds is 6. The number of hydrogen-bond acceptors (Lipinski definition) is 5. The molecule has 1 aliphatic rings. The molecule has 5 nitrogen and oxygen atoms in total. The van der Waals surface area contributed by atoms with Crippen molar-refractivity contribution in [2.45, 2.75) is 51.7 Å². The van der Waals surface area contributed by atoms with Gasteiger partial charge in [0.05, 0.1) is 18.5 Å². The molecule has 0 spiro atoms. The first-order valence-corrected chi connectivity index (χ1v) is 7.96. The van der Waals surface area contributed by atoms with E-state index in [0.29, 0.717) is 11.9 Å². The highest BCUT2D eigenvalue weighted by Gasteiger charge is 2.19. The van der Waals surface area contributed by atoms with Gasteiger partial charge in [0, 0.05) is 19.6 Å². The van der Waals surface area contributed by atoms with E-state index in [2.05, 4.69) is 33.9 Å². The zero-order valence-electron chi connectivity index (χ0n) is 13.7. The van der Waals surface area contributed by atoms with Gasteiger partial charge in [-0.3, -0.25) is 4.98 Å². The van der Waals surface area contributed by atoms with Gasteiger partial charge >= 0.3 is 0 Å². The number of aromatic nitrogens is 2. The molecule has 0 bridgehead atoms. The Morgan fingerprint density at radius 1 is 1.38 bits per heavy atom. The molecular formula is C16H28N4O. The Hall–Kier alpha value is -1.36. The van der Waals surface area contributed by atoms with E-state index in [1.54, 1.807) is 12.4 Å². The van der Waals surface area contributed by atoms with Gasteiger partial charge in [0.25, 0.3) is 0 Å². The second-order valence-electron chi connectivity index (χ2n) is 6.22. The Labute approximate surface area is 128 Å². The maximum Gasteiger partial charge on any atom is 0.234 e. The van der Waals surface area contributed by atoms with E-state index in [1.807, 2.05) is 13.8 Å². The Morgan fingerprint density at radius 2 is 2.19 bits per heavy atom. The molecular weight excluding hydrogens is 264 g/mol. The lowest BCUT2D eigenvalue weighted by molar-refractivity contribution is 0.178. The quantitative estimate of drug-likeness (QED) is 0.806. The van der Waals surface area contributed by atoms with Crippen molar-refractivity contribution >= 4 is 5.82 Å². The van der Waals surface area contributed by atoms with Crippen molar-refractivity contribution in [3.8, 4) is 5.88 Å². The van der Waals surface area contributed by atoms with Crippen molar-refractivity contribution in [2.75, 3.05) is 32.1 Å². The van der Waals surface area contributed by atoms with Crippen LogP contribution in [-0.2, 0) is 0 Å². The molecule has 2 heterocycles. The Kier molecular flexibility index (Phi) is 5.79. The predicted octanol–water partition coefficient (Wildman–Crippen LogP) is 2.57. The summed E-state index contributed by atoms with van der Waals surface area (Å²) in [6, 6.07) is 0.698. The summed E-state index contributed by atoms with van der Waals surface area (Å²) in [4.78, 5) is 13.4. The van der Waals surface area contributed by atoms with Crippen molar-refractivity contribution in [3.05, 3.63) is 12.4 Å². The van der Waals surface area contributed by atoms with Crippen LogP contribution in [0, 0.1) is 0 Å². The minimum Gasteiger partial charge on any atom is -0.474 e. The lowest BCUT2D eigenvalue weighted by Crippen LogP contribution is -2.38. The molecule has 21 heavy (non-hydrogen) atoms. The number of ether oxygens (including phenoxy) is 1. The number of piperidine rings is 1. The molecule has 0 aliphatic carbocycles. The van der Waals surface area contributed by atoms with Crippen LogP contribution in [0.5, 0.6) is 5.88 Å². The molecule has 1 unspecified atom stereocenters. The summed E-state index contributed by atoms with van der Waals surface area (Å²) in [7, 11) is 4.31. The Bertz CT molecular complexity index is 438. The number of anilines is 1. The fourth-order valence-corrected chi connectivity index (χ4v) is 2.79. The first-order valence-electron chi connectivity index (χ1n) is 7.96. The van der Waals surface area contributed by atoms with Gasteiger partial charge in [-0.2, -0.15) is 4.98 Å². The summed E-state index contributed by atoms with van der Waals surface area (Å²) in [5, 5.41) is 0. The maximum absolute atomic E-state index is 5.61. The average Bonchev–Trinajstić information content (AvgIpc) is 2.45. The largest absolute Gasteiger partial charge is 0.474 e. The van der Waals surface area contributed by atoms with Crippen molar-refractivity contribution in [1.82, 2.24) is 14.9 Å². The van der Waals surface area contributed by atoms with E-state index >= 15 is 0 Å². The van der Waals surface area contributed by atoms with Crippen molar-refractivity contribution in [3.63, 3.8) is 0 Å². The standard InChI is InChI=1S/C16H28N4O/c1-13(2)21-16-12-17-11-15(18-16)20(4)10-8-14-7-5-6-9-19(14)3/h11-14H,5-10H2,1-4H3. The third-order valence-corrected chi connectivity index (χ3v) is 4.07. The summed E-state index contributed by atoms with van der Waals surface area (Å²) in [5.74, 6) is 1.48. The Balaban J connectivity index is 1.89. The molecule has 0 saturated carbocycles. The molecule has 2 rings (SSSR count). The molecule has 0 amide bonds. The summed E-state index contributed by atoms with van der Waals surface area (Å²) in [5.41, 5.74) is 0. The van der Waals surface area contributed by atoms with E-state index in [-0.39, 0.29) is 6.10 Å². The van der Waals surface area contributed by atoms with Gasteiger partial charge in [-0.25, -0.2) is 0 Å². The number of hydrogen-bond donors (Lipinski definition) is 0. The zero-order valence-corrected chi connectivity index (χ0v) is 13.7. The van der Waals surface area contributed by atoms with Crippen LogP contribution in [0.15, 0.2) is 12.4 Å². The van der Waals surface area contributed by atoms with E-state index in [4.69, 9.17) is 4.74 Å². The summed E-state index contributed by atoms with van der Waals surface area (Å²) in [6.45, 7) is 6.22. The lowest BCUT2D eigenvalue weighted by atomic mass is 10.00. The second-order valence-corrected chi connectivity index (χ2v) is 6.22. The SMILES string of the molecule is CC(C)Oc1cncc(N(C)CCC2CCCCN2C)n1. The summed E-state index contributed by atoms with van der Waals surface area (Å²) >= 11 is 0. The van der Waals surface area contributed by atoms with E-state index in [0.717, 1.165) is 12.4 Å². The minimum atomic E-state index is 0.121. The lowest BCUT2D eigenvalue weighted by Gasteiger charge is -2.33. The van der Waals surface area contributed by atoms with E-state index < -0.39 is 0 Å². The van der Waals surface area contributed by atoms with Crippen molar-refractivity contribution < 1.29 is 4.74 Å². The predicted molar refractivity (Wildman–Crippen MR) is 86.0 cm³/mol. The number of nitrogens with zero attached hydrogens (tertiary/aromatic N) is 4. The molecule has 118 valence electrons. The van der Waals surface area contributed by atoms with E-state index in [9.17, 15) is 0 Å². The average molecular weight is 292 g/mol. The molecule has 5 heteroatoms. The molecule has 1 saturated heterocycles. The molecule has 1 aliphatic heterocycles. The fourth-order valence-electron chi connectivity index (χ4n) is 2.79. The van der Waals surface area contributed by atoms with Crippen molar-refractivity contribution in [1.29, 1.82) is 0 Å². The van der Waals surface area contributed by atoms with Crippen LogP contribution in [0.3, 0.4) is 0 Å². The summed E-state index contributed by atoms with van der Waals surface area (Å²) in [6.07, 6.45) is 8.77. The van der Waals surface area contributed by atoms with Crippen LogP contribution in [0.1, 0.15) is 39.5 Å². The normalized spacial score (nSPS) is 19.8. The highest BCUT2D eigenvalue weighted by atomic mass is 16.5. The monoisotopic (exact) mass is 292 g/mol. The van der Waals surface area contributed by atoms with Gasteiger partial charge in [0.15, 0.2) is 5.82 Å². The van der Waals surface area contributed by atoms with Crippen LogP contribution in [-0.4, -0.2) is 54.2 Å². The van der Waals surface area contributed by atoms with Gasteiger partial charge < -0.3 is 14.5 Å². The Morgan fingerprint density at radius 3 is 2.90 bits per heavy atom. The maximum atomic E-state index is 5.61. The van der Waals surface area contributed by atoms with Crippen LogP contribution < -0.4 is 9.64 Å². The first kappa shape index (κ1) is 16.0. The molecule has 0 N–H and O–H groups in total. The molecule has 0 radical (unpaired) electrons. The van der Waals surface area contributed by atoms with Crippen LogP contribution in [0.25, 0.3) is 0 Å². The van der Waals surface area contributed by atoms with Crippen LogP contribution in [0.4, 0.5) is 5.82 Å². The fraction of sp³-hybridized carbons (Fsp3) is 0.750. The third-order valence-electron chi connectivity index (χ3n) is 4.07. The highest BCUT2D eigenvalue weighted by Crippen LogP contribution is 2.19. The minimum absolute atomic E-state index is 0.121.